The third-order valence-corrected chi connectivity index (χ3v) is 4.14. The number of carbonyl (C=O) groups excluding carboxylic acids is 1. The summed E-state index contributed by atoms with van der Waals surface area (Å²) in [6, 6.07) is 7.87. The van der Waals surface area contributed by atoms with Gasteiger partial charge in [0.15, 0.2) is 5.69 Å². The third-order valence-electron chi connectivity index (χ3n) is 3.16. The van der Waals surface area contributed by atoms with Crippen molar-refractivity contribution >= 4 is 27.3 Å². The molecule has 0 bridgehead atoms. The molecule has 0 aliphatic heterocycles. The Balaban J connectivity index is 1.69. The largest absolute Gasteiger partial charge is 0.387 e. The van der Waals surface area contributed by atoms with Crippen molar-refractivity contribution in [1.29, 1.82) is 0 Å². The quantitative estimate of drug-likeness (QED) is 0.765. The summed E-state index contributed by atoms with van der Waals surface area (Å²) in [5, 5.41) is 23.3. The fourth-order valence-electron chi connectivity index (χ4n) is 2.10. The monoisotopic (exact) mass is 302 g/mol. The van der Waals surface area contributed by atoms with Crippen LogP contribution in [-0.4, -0.2) is 32.6 Å². The zero-order valence-corrected chi connectivity index (χ0v) is 12.2. The van der Waals surface area contributed by atoms with Crippen molar-refractivity contribution in [3.05, 3.63) is 47.1 Å². The predicted molar refractivity (Wildman–Crippen MR) is 80.1 cm³/mol. The number of aromatic nitrogens is 3. The molecule has 0 aliphatic rings. The van der Waals surface area contributed by atoms with Crippen molar-refractivity contribution in [2.45, 2.75) is 6.10 Å². The first-order valence-corrected chi connectivity index (χ1v) is 7.32. The maximum atomic E-state index is 11.9. The maximum absolute atomic E-state index is 11.9. The molecule has 3 aromatic rings. The van der Waals surface area contributed by atoms with Gasteiger partial charge < -0.3 is 10.4 Å². The molecule has 0 radical (unpaired) electrons. The normalized spacial score (nSPS) is 12.5. The number of aliphatic hydroxyl groups is 1. The van der Waals surface area contributed by atoms with Crippen molar-refractivity contribution in [1.82, 2.24) is 20.3 Å². The smallest absolute Gasteiger partial charge is 0.273 e. The Morgan fingerprint density at radius 1 is 1.48 bits per heavy atom. The van der Waals surface area contributed by atoms with E-state index in [0.717, 1.165) is 15.6 Å². The average Bonchev–Trinajstić information content (AvgIpc) is 3.10. The van der Waals surface area contributed by atoms with Gasteiger partial charge in [-0.3, -0.25) is 9.48 Å². The van der Waals surface area contributed by atoms with Gasteiger partial charge >= 0.3 is 0 Å². The van der Waals surface area contributed by atoms with Gasteiger partial charge in [0.2, 0.25) is 0 Å². The van der Waals surface area contributed by atoms with E-state index in [9.17, 15) is 9.90 Å². The predicted octanol–water partition coefficient (Wildman–Crippen LogP) is 1.49. The molecule has 0 fully saturated rings. The zero-order valence-electron chi connectivity index (χ0n) is 11.4. The lowest BCUT2D eigenvalue weighted by Crippen LogP contribution is -2.28. The number of carbonyl (C=O) groups is 1. The number of nitrogens with zero attached hydrogens (tertiary/aromatic N) is 3. The van der Waals surface area contributed by atoms with Crippen LogP contribution in [0.2, 0.25) is 0 Å². The van der Waals surface area contributed by atoms with Crippen LogP contribution in [0.15, 0.2) is 35.8 Å². The topological polar surface area (TPSA) is 80.0 Å². The van der Waals surface area contributed by atoms with Gasteiger partial charge in [0.05, 0.1) is 12.3 Å². The molecular formula is C14H14N4O2S. The highest BCUT2D eigenvalue weighted by Gasteiger charge is 2.16. The fraction of sp³-hybridized carbons (Fsp3) is 0.214. The fourth-order valence-corrected chi connectivity index (χ4v) is 3.11. The van der Waals surface area contributed by atoms with Crippen molar-refractivity contribution in [3.63, 3.8) is 0 Å². The molecule has 1 aromatic carbocycles. The maximum Gasteiger partial charge on any atom is 0.273 e. The highest BCUT2D eigenvalue weighted by Crippen LogP contribution is 2.29. The molecule has 0 saturated heterocycles. The van der Waals surface area contributed by atoms with Crippen molar-refractivity contribution in [2.24, 2.45) is 7.05 Å². The number of aryl methyl sites for hydroxylation is 1. The van der Waals surface area contributed by atoms with Crippen LogP contribution >= 0.6 is 11.3 Å². The summed E-state index contributed by atoms with van der Waals surface area (Å²) in [6.07, 6.45) is 0.781. The van der Waals surface area contributed by atoms with Crippen LogP contribution in [0.3, 0.4) is 0 Å². The van der Waals surface area contributed by atoms with Crippen molar-refractivity contribution < 1.29 is 9.90 Å². The lowest BCUT2D eigenvalue weighted by molar-refractivity contribution is 0.0912. The van der Waals surface area contributed by atoms with Crippen LogP contribution in [0.25, 0.3) is 10.1 Å². The molecule has 108 valence electrons. The molecule has 2 aromatic heterocycles. The van der Waals surface area contributed by atoms with Gasteiger partial charge in [0.25, 0.3) is 5.91 Å². The Labute approximate surface area is 125 Å². The Hall–Kier alpha value is -2.25. The molecule has 0 spiro atoms. The Bertz CT molecular complexity index is 780. The Morgan fingerprint density at radius 2 is 2.29 bits per heavy atom. The van der Waals surface area contributed by atoms with E-state index < -0.39 is 6.10 Å². The lowest BCUT2D eigenvalue weighted by atomic mass is 10.1. The summed E-state index contributed by atoms with van der Waals surface area (Å²) in [6.45, 7) is 0.135. The minimum Gasteiger partial charge on any atom is -0.387 e. The van der Waals surface area contributed by atoms with E-state index in [1.165, 1.54) is 10.9 Å². The summed E-state index contributed by atoms with van der Waals surface area (Å²) in [4.78, 5) is 11.9. The highest BCUT2D eigenvalue weighted by molar-refractivity contribution is 7.17. The second-order valence-corrected chi connectivity index (χ2v) is 5.60. The van der Waals surface area contributed by atoms with Gasteiger partial charge in [0, 0.05) is 23.9 Å². The molecule has 2 N–H and O–H groups in total. The Morgan fingerprint density at radius 3 is 3.05 bits per heavy atom. The van der Waals surface area contributed by atoms with Crippen LogP contribution in [0.1, 0.15) is 22.2 Å². The van der Waals surface area contributed by atoms with Gasteiger partial charge in [-0.1, -0.05) is 23.4 Å². The summed E-state index contributed by atoms with van der Waals surface area (Å²) in [7, 11) is 1.69. The number of rotatable bonds is 4. The average molecular weight is 302 g/mol. The van der Waals surface area contributed by atoms with Gasteiger partial charge in [-0.15, -0.1) is 16.4 Å². The summed E-state index contributed by atoms with van der Waals surface area (Å²) in [5.41, 5.74) is 1.06. The molecule has 0 saturated carbocycles. The summed E-state index contributed by atoms with van der Waals surface area (Å²) < 4.78 is 2.57. The number of benzene rings is 1. The molecule has 1 atom stereocenters. The first-order chi connectivity index (χ1) is 10.1. The molecule has 1 amide bonds. The molecule has 0 aliphatic carbocycles. The van der Waals surface area contributed by atoms with Crippen molar-refractivity contribution in [2.75, 3.05) is 6.54 Å². The van der Waals surface area contributed by atoms with Gasteiger partial charge in [0.1, 0.15) is 0 Å². The van der Waals surface area contributed by atoms with Crippen LogP contribution in [0.5, 0.6) is 0 Å². The molecule has 3 rings (SSSR count). The second-order valence-electron chi connectivity index (χ2n) is 4.69. The number of hydrogen-bond acceptors (Lipinski definition) is 5. The van der Waals surface area contributed by atoms with Crippen LogP contribution in [0, 0.1) is 0 Å². The number of aliphatic hydroxyl groups excluding tert-OH is 1. The summed E-state index contributed by atoms with van der Waals surface area (Å²) in [5.74, 6) is -0.346. The minimum atomic E-state index is -0.748. The number of amides is 1. The minimum absolute atomic E-state index is 0.135. The number of thiophene rings is 1. The SMILES string of the molecule is Cn1cc(C(=O)NC[C@H](O)c2csc3ccccc23)nn1. The second kappa shape index (κ2) is 5.63. The zero-order chi connectivity index (χ0) is 14.8. The molecule has 7 heteroatoms. The van der Waals surface area contributed by atoms with E-state index in [-0.39, 0.29) is 18.1 Å². The molecular weight excluding hydrogens is 288 g/mol. The van der Waals surface area contributed by atoms with E-state index in [2.05, 4.69) is 15.6 Å². The molecule has 6 nitrogen and oxygen atoms in total. The molecule has 0 unspecified atom stereocenters. The number of nitrogens with one attached hydrogen (secondary N) is 1. The Kier molecular flexibility index (Phi) is 3.68. The highest BCUT2D eigenvalue weighted by atomic mass is 32.1. The first kappa shape index (κ1) is 13.7. The molecule has 21 heavy (non-hydrogen) atoms. The van der Waals surface area contributed by atoms with E-state index in [1.54, 1.807) is 18.4 Å². The van der Waals surface area contributed by atoms with Gasteiger partial charge in [-0.25, -0.2) is 0 Å². The van der Waals surface area contributed by atoms with Crippen LogP contribution in [0.4, 0.5) is 0 Å². The van der Waals surface area contributed by atoms with E-state index >= 15 is 0 Å². The first-order valence-electron chi connectivity index (χ1n) is 6.44. The lowest BCUT2D eigenvalue weighted by Gasteiger charge is -2.10. The standard InChI is InChI=1S/C14H14N4O2S/c1-18-7-11(16-17-18)14(20)15-6-12(19)10-8-21-13-5-3-2-4-9(10)13/h2-5,7-8,12,19H,6H2,1H3,(H,15,20)/t12-/m0/s1. The number of hydrogen-bond donors (Lipinski definition) is 2. The van der Waals surface area contributed by atoms with E-state index in [4.69, 9.17) is 0 Å². The molecule has 2 heterocycles. The van der Waals surface area contributed by atoms with Crippen LogP contribution in [-0.2, 0) is 7.05 Å². The van der Waals surface area contributed by atoms with Gasteiger partial charge in [-0.05, 0) is 16.8 Å². The number of fused-ring (bicyclic) bond motifs is 1. The van der Waals surface area contributed by atoms with Crippen LogP contribution < -0.4 is 5.32 Å². The van der Waals surface area contributed by atoms with E-state index in [1.807, 2.05) is 29.6 Å². The van der Waals surface area contributed by atoms with E-state index in [0.29, 0.717) is 0 Å². The summed E-state index contributed by atoms with van der Waals surface area (Å²) >= 11 is 1.58. The third kappa shape index (κ3) is 2.79. The van der Waals surface area contributed by atoms with Gasteiger partial charge in [-0.2, -0.15) is 0 Å². The van der Waals surface area contributed by atoms with Crippen molar-refractivity contribution in [3.8, 4) is 0 Å².